The molecule has 2 atom stereocenters. The number of nitrogens with two attached hydrogens (primary N) is 1. The van der Waals surface area contributed by atoms with Crippen molar-refractivity contribution in [2.24, 2.45) is 20.7 Å². The van der Waals surface area contributed by atoms with E-state index in [1.165, 1.54) is 0 Å². The molecule has 5 nitrogen and oxygen atoms in total. The smallest absolute Gasteiger partial charge is 0.195 e. The lowest BCUT2D eigenvalue weighted by Crippen LogP contribution is -2.35. The summed E-state index contributed by atoms with van der Waals surface area (Å²) in [5, 5.41) is 2.93. The quantitative estimate of drug-likeness (QED) is 0.695. The van der Waals surface area contributed by atoms with Gasteiger partial charge in [0.05, 0.1) is 11.8 Å². The predicted molar refractivity (Wildman–Crippen MR) is 69.0 cm³/mol. The van der Waals surface area contributed by atoms with Gasteiger partial charge in [0.25, 0.3) is 0 Å². The van der Waals surface area contributed by atoms with Crippen LogP contribution >= 0.6 is 0 Å². The molecule has 3 N–H and O–H groups in total. The fraction of sp³-hybridized carbons (Fsp3) is 0.545. The summed E-state index contributed by atoms with van der Waals surface area (Å²) < 4.78 is 0. The maximum absolute atomic E-state index is 5.69. The van der Waals surface area contributed by atoms with Gasteiger partial charge in [0.2, 0.25) is 0 Å². The van der Waals surface area contributed by atoms with E-state index in [0.717, 1.165) is 17.8 Å². The normalized spacial score (nSPS) is 35.3. The minimum atomic E-state index is -0.203. The van der Waals surface area contributed by atoms with Crippen molar-refractivity contribution in [3.8, 4) is 0 Å². The Balaban J connectivity index is 3.02. The molecule has 0 saturated carbocycles. The molecule has 0 aromatic heterocycles. The standard InChI is InChI=1S/C11H19N5/c1-5-10-6-13-9(4)16-11(12)15-8(3)7(2)14-10/h6-7,9H,3,5H2,1-2,4H3,(H3,12,15,16)/b13-6-,14-10-. The minimum absolute atomic E-state index is 0.0384. The van der Waals surface area contributed by atoms with Crippen LogP contribution in [0.15, 0.2) is 27.3 Å². The number of nitrogens with zero attached hydrogens (tertiary/aromatic N) is 3. The van der Waals surface area contributed by atoms with Crippen molar-refractivity contribution in [1.29, 1.82) is 0 Å². The van der Waals surface area contributed by atoms with Gasteiger partial charge < -0.3 is 11.1 Å². The van der Waals surface area contributed by atoms with Gasteiger partial charge in [0, 0.05) is 11.9 Å². The van der Waals surface area contributed by atoms with Crippen molar-refractivity contribution < 1.29 is 0 Å². The van der Waals surface area contributed by atoms with E-state index >= 15 is 0 Å². The van der Waals surface area contributed by atoms with Gasteiger partial charge in [0.1, 0.15) is 6.17 Å². The van der Waals surface area contributed by atoms with Crippen LogP contribution in [0.3, 0.4) is 0 Å². The molecule has 0 bridgehead atoms. The van der Waals surface area contributed by atoms with Crippen LogP contribution in [0.2, 0.25) is 0 Å². The van der Waals surface area contributed by atoms with Gasteiger partial charge in [-0.3, -0.25) is 9.98 Å². The third-order valence-corrected chi connectivity index (χ3v) is 2.28. The molecule has 1 aliphatic heterocycles. The van der Waals surface area contributed by atoms with Crippen molar-refractivity contribution in [2.45, 2.75) is 39.4 Å². The summed E-state index contributed by atoms with van der Waals surface area (Å²) >= 11 is 0. The molecule has 88 valence electrons. The van der Waals surface area contributed by atoms with E-state index in [1.807, 2.05) is 20.8 Å². The van der Waals surface area contributed by atoms with E-state index in [1.54, 1.807) is 6.21 Å². The van der Waals surface area contributed by atoms with Crippen molar-refractivity contribution in [1.82, 2.24) is 5.32 Å². The van der Waals surface area contributed by atoms with E-state index in [2.05, 4.69) is 26.9 Å². The van der Waals surface area contributed by atoms with E-state index in [-0.39, 0.29) is 12.2 Å². The maximum Gasteiger partial charge on any atom is 0.195 e. The number of guanidine groups is 1. The molecular weight excluding hydrogens is 202 g/mol. The highest BCUT2D eigenvalue weighted by atomic mass is 15.2. The molecule has 0 amide bonds. The van der Waals surface area contributed by atoms with Gasteiger partial charge in [0.15, 0.2) is 5.96 Å². The fourth-order valence-corrected chi connectivity index (χ4v) is 1.27. The first-order valence-electron chi connectivity index (χ1n) is 5.41. The van der Waals surface area contributed by atoms with E-state index in [9.17, 15) is 0 Å². The van der Waals surface area contributed by atoms with E-state index < -0.39 is 0 Å². The first kappa shape index (κ1) is 12.4. The number of nitrogens with one attached hydrogen (secondary N) is 1. The summed E-state index contributed by atoms with van der Waals surface area (Å²) in [7, 11) is 0. The molecular formula is C11H19N5. The molecule has 1 heterocycles. The van der Waals surface area contributed by atoms with E-state index in [4.69, 9.17) is 5.73 Å². The molecule has 2 unspecified atom stereocenters. The Morgan fingerprint density at radius 2 is 2.12 bits per heavy atom. The first-order chi connectivity index (χ1) is 7.52. The third kappa shape index (κ3) is 3.49. The molecule has 1 rings (SSSR count). The van der Waals surface area contributed by atoms with Gasteiger partial charge in [-0.05, 0) is 20.3 Å². The molecule has 5 heteroatoms. The topological polar surface area (TPSA) is 75.1 Å². The van der Waals surface area contributed by atoms with Gasteiger partial charge in [-0.25, -0.2) is 4.99 Å². The summed E-state index contributed by atoms with van der Waals surface area (Å²) in [4.78, 5) is 12.9. The van der Waals surface area contributed by atoms with Crippen LogP contribution in [-0.2, 0) is 0 Å². The summed E-state index contributed by atoms with van der Waals surface area (Å²) in [6.07, 6.45) is 2.40. The SMILES string of the molecule is C=C1N/C(N)=N\C(C)/N=C\C(CC)=N/C1C. The molecule has 0 aromatic rings. The Morgan fingerprint density at radius 3 is 2.75 bits per heavy atom. The average Bonchev–Trinajstić information content (AvgIpc) is 2.22. The second kappa shape index (κ2) is 5.44. The Labute approximate surface area is 96.3 Å². The average molecular weight is 221 g/mol. The lowest BCUT2D eigenvalue weighted by Gasteiger charge is -2.15. The fourth-order valence-electron chi connectivity index (χ4n) is 1.27. The highest BCUT2D eigenvalue weighted by Gasteiger charge is 2.09. The lowest BCUT2D eigenvalue weighted by atomic mass is 10.2. The van der Waals surface area contributed by atoms with Crippen LogP contribution in [0.25, 0.3) is 0 Å². The molecule has 1 aliphatic rings. The summed E-state index contributed by atoms with van der Waals surface area (Å²) in [6.45, 7) is 9.76. The van der Waals surface area contributed by atoms with Crippen molar-refractivity contribution in [2.75, 3.05) is 0 Å². The molecule has 0 radical (unpaired) electrons. The molecule has 0 saturated heterocycles. The molecule has 0 aromatic carbocycles. The second-order valence-electron chi connectivity index (χ2n) is 3.72. The number of hydrogen-bond donors (Lipinski definition) is 2. The Hall–Kier alpha value is -1.65. The Morgan fingerprint density at radius 1 is 1.44 bits per heavy atom. The molecule has 0 fully saturated rings. The Bertz CT molecular complexity index is 353. The van der Waals surface area contributed by atoms with Crippen molar-refractivity contribution >= 4 is 17.9 Å². The second-order valence-corrected chi connectivity index (χ2v) is 3.72. The zero-order chi connectivity index (χ0) is 12.1. The van der Waals surface area contributed by atoms with Crippen LogP contribution < -0.4 is 11.1 Å². The monoisotopic (exact) mass is 221 g/mol. The largest absolute Gasteiger partial charge is 0.370 e. The van der Waals surface area contributed by atoms with Gasteiger partial charge >= 0.3 is 0 Å². The summed E-state index contributed by atoms with van der Waals surface area (Å²) in [5.74, 6) is 0.330. The number of hydrogen-bond acceptors (Lipinski definition) is 5. The van der Waals surface area contributed by atoms with Crippen LogP contribution in [0.5, 0.6) is 0 Å². The van der Waals surface area contributed by atoms with Crippen LogP contribution in [0.4, 0.5) is 0 Å². The molecule has 0 spiro atoms. The first-order valence-corrected chi connectivity index (χ1v) is 5.41. The van der Waals surface area contributed by atoms with Crippen LogP contribution in [0.1, 0.15) is 27.2 Å². The van der Waals surface area contributed by atoms with Crippen molar-refractivity contribution in [3.63, 3.8) is 0 Å². The zero-order valence-corrected chi connectivity index (χ0v) is 10.1. The number of rotatable bonds is 1. The van der Waals surface area contributed by atoms with Crippen molar-refractivity contribution in [3.05, 3.63) is 12.3 Å². The zero-order valence-electron chi connectivity index (χ0n) is 10.1. The van der Waals surface area contributed by atoms with Crippen LogP contribution in [0, 0.1) is 0 Å². The molecule has 0 aliphatic carbocycles. The van der Waals surface area contributed by atoms with Gasteiger partial charge in [-0.2, -0.15) is 0 Å². The lowest BCUT2D eigenvalue weighted by molar-refractivity contribution is 0.765. The minimum Gasteiger partial charge on any atom is -0.370 e. The maximum atomic E-state index is 5.69. The van der Waals surface area contributed by atoms with E-state index in [0.29, 0.717) is 5.96 Å². The van der Waals surface area contributed by atoms with Gasteiger partial charge in [-0.15, -0.1) is 0 Å². The van der Waals surface area contributed by atoms with Gasteiger partial charge in [-0.1, -0.05) is 13.5 Å². The summed E-state index contributed by atoms with van der Waals surface area (Å²) in [6, 6.07) is -0.0384. The Kier molecular flexibility index (Phi) is 4.22. The predicted octanol–water partition coefficient (Wildman–Crippen LogP) is 1.07. The highest BCUT2D eigenvalue weighted by molar-refractivity contribution is 6.30. The third-order valence-electron chi connectivity index (χ3n) is 2.28. The van der Waals surface area contributed by atoms with Crippen LogP contribution in [-0.4, -0.2) is 30.1 Å². The molecule has 16 heavy (non-hydrogen) atoms. The summed E-state index contributed by atoms with van der Waals surface area (Å²) in [5.41, 5.74) is 7.38. The number of aliphatic imine (C=N–C) groups is 3. The highest BCUT2D eigenvalue weighted by Crippen LogP contribution is 2.03.